The van der Waals surface area contributed by atoms with Crippen LogP contribution in [0.2, 0.25) is 0 Å². The predicted molar refractivity (Wildman–Crippen MR) is 112 cm³/mol. The molecule has 1 aliphatic rings. The fraction of sp³-hybridized carbons (Fsp3) is 0.286. The Hall–Kier alpha value is -4.10. The highest BCUT2D eigenvalue weighted by Crippen LogP contribution is 2.31. The molecule has 0 bridgehead atoms. The molecule has 1 amide bonds. The van der Waals surface area contributed by atoms with Crippen molar-refractivity contribution in [3.63, 3.8) is 0 Å². The Balaban J connectivity index is 1.75. The molecular formula is C21H17F2N5O5S. The van der Waals surface area contributed by atoms with Crippen LogP contribution in [-0.2, 0) is 19.6 Å². The summed E-state index contributed by atoms with van der Waals surface area (Å²) >= 11 is 0. The number of pyridine rings is 1. The molecule has 0 radical (unpaired) electrons. The molecular weight excluding hydrogens is 472 g/mol. The van der Waals surface area contributed by atoms with Crippen LogP contribution < -0.4 is 9.62 Å². The molecule has 0 spiro atoms. The van der Waals surface area contributed by atoms with Crippen molar-refractivity contribution in [3.05, 3.63) is 52.7 Å². The van der Waals surface area contributed by atoms with Gasteiger partial charge in [0.25, 0.3) is 16.4 Å². The molecule has 13 heteroatoms. The average molecular weight is 489 g/mol. The molecule has 1 N–H and O–H groups in total. The Morgan fingerprint density at radius 1 is 1.24 bits per heavy atom. The maximum absolute atomic E-state index is 13.5. The second kappa shape index (κ2) is 9.80. The lowest BCUT2D eigenvalue weighted by Gasteiger charge is -2.39. The number of carbonyl (C=O) groups is 2. The summed E-state index contributed by atoms with van der Waals surface area (Å²) in [6.07, 6.45) is -3.12. The van der Waals surface area contributed by atoms with Crippen molar-refractivity contribution in [2.24, 2.45) is 5.92 Å². The highest BCUT2D eigenvalue weighted by Gasteiger charge is 2.37. The molecule has 1 aromatic heterocycles. The maximum atomic E-state index is 13.5. The van der Waals surface area contributed by atoms with E-state index in [4.69, 9.17) is 10.00 Å². The van der Waals surface area contributed by atoms with E-state index in [1.165, 1.54) is 36.1 Å². The fourth-order valence-corrected chi connectivity index (χ4v) is 4.22. The van der Waals surface area contributed by atoms with E-state index >= 15 is 0 Å². The summed E-state index contributed by atoms with van der Waals surface area (Å²) in [6, 6.07) is 9.54. The van der Waals surface area contributed by atoms with E-state index in [-0.39, 0.29) is 41.5 Å². The fourth-order valence-electron chi connectivity index (χ4n) is 3.18. The minimum Gasteiger partial charge on any atom is -0.462 e. The first-order chi connectivity index (χ1) is 16.1. The van der Waals surface area contributed by atoms with Crippen molar-refractivity contribution in [2.45, 2.75) is 18.2 Å². The summed E-state index contributed by atoms with van der Waals surface area (Å²) in [6.45, 7) is 1.27. The number of esters is 1. The number of carbonyl (C=O) groups excluding carboxylic acids is 2. The van der Waals surface area contributed by atoms with Gasteiger partial charge in [0, 0.05) is 13.1 Å². The first kappa shape index (κ1) is 24.5. The van der Waals surface area contributed by atoms with E-state index in [0.717, 1.165) is 6.07 Å². The van der Waals surface area contributed by atoms with Gasteiger partial charge in [-0.1, -0.05) is 0 Å². The zero-order chi connectivity index (χ0) is 25.0. The standard InChI is InChI=1S/C21H17F2N5O5S/c1-2-33-21(30)16-7-13(9-25)19(26-17(16)18(22)23)28-10-14(11-28)20(29)27-34(31,32)15-5-3-12(8-24)4-6-15/h3-7,14,18H,2,10-11H2,1H3,(H,27,29). The van der Waals surface area contributed by atoms with E-state index in [1.54, 1.807) is 6.07 Å². The van der Waals surface area contributed by atoms with Gasteiger partial charge in [0.15, 0.2) is 0 Å². The van der Waals surface area contributed by atoms with Crippen molar-refractivity contribution in [3.8, 4) is 12.1 Å². The van der Waals surface area contributed by atoms with E-state index < -0.39 is 45.5 Å². The largest absolute Gasteiger partial charge is 0.462 e. The molecule has 1 aliphatic heterocycles. The number of alkyl halides is 2. The number of benzene rings is 1. The summed E-state index contributed by atoms with van der Waals surface area (Å²) in [4.78, 5) is 29.3. The van der Waals surface area contributed by atoms with E-state index in [1.807, 2.05) is 10.8 Å². The molecule has 0 saturated carbocycles. The Labute approximate surface area is 193 Å². The van der Waals surface area contributed by atoms with Gasteiger partial charge in [-0.3, -0.25) is 4.79 Å². The number of nitrogens with zero attached hydrogens (tertiary/aromatic N) is 4. The van der Waals surface area contributed by atoms with Gasteiger partial charge in [0.1, 0.15) is 17.6 Å². The van der Waals surface area contributed by atoms with Crippen LogP contribution in [0.4, 0.5) is 14.6 Å². The third kappa shape index (κ3) is 4.94. The van der Waals surface area contributed by atoms with Crippen LogP contribution in [0, 0.1) is 28.6 Å². The summed E-state index contributed by atoms with van der Waals surface area (Å²) in [5.41, 5.74) is -1.31. The summed E-state index contributed by atoms with van der Waals surface area (Å²) < 4.78 is 58.5. The monoisotopic (exact) mass is 489 g/mol. The van der Waals surface area contributed by atoms with E-state index in [9.17, 15) is 32.0 Å². The third-order valence-electron chi connectivity index (χ3n) is 4.93. The smallest absolute Gasteiger partial charge is 0.340 e. The number of amides is 1. The van der Waals surface area contributed by atoms with Crippen LogP contribution in [0.5, 0.6) is 0 Å². The number of sulfonamides is 1. The molecule has 0 unspecified atom stereocenters. The zero-order valence-electron chi connectivity index (χ0n) is 17.7. The number of anilines is 1. The quantitative estimate of drug-likeness (QED) is 0.574. The van der Waals surface area contributed by atoms with Crippen LogP contribution in [-0.4, -0.2) is 45.0 Å². The summed E-state index contributed by atoms with van der Waals surface area (Å²) in [5.74, 6) is -2.83. The van der Waals surface area contributed by atoms with Gasteiger partial charge in [-0.2, -0.15) is 10.5 Å². The number of nitriles is 2. The molecule has 1 saturated heterocycles. The molecule has 0 atom stereocenters. The van der Waals surface area contributed by atoms with Gasteiger partial charge in [0.2, 0.25) is 5.91 Å². The first-order valence-corrected chi connectivity index (χ1v) is 11.3. The number of aromatic nitrogens is 1. The normalized spacial score (nSPS) is 13.5. The minimum atomic E-state index is -4.19. The number of ether oxygens (including phenoxy) is 1. The van der Waals surface area contributed by atoms with Crippen molar-refractivity contribution >= 4 is 27.7 Å². The number of hydrogen-bond acceptors (Lipinski definition) is 9. The topological polar surface area (TPSA) is 153 Å². The number of hydrogen-bond donors (Lipinski definition) is 1. The number of rotatable bonds is 7. The van der Waals surface area contributed by atoms with Crippen molar-refractivity contribution in [2.75, 3.05) is 24.6 Å². The summed E-state index contributed by atoms with van der Waals surface area (Å²) in [5, 5.41) is 18.2. The number of nitrogens with one attached hydrogen (secondary N) is 1. The van der Waals surface area contributed by atoms with E-state index in [0.29, 0.717) is 0 Å². The van der Waals surface area contributed by atoms with Crippen LogP contribution in [0.1, 0.15) is 40.5 Å². The van der Waals surface area contributed by atoms with Crippen LogP contribution >= 0.6 is 0 Å². The van der Waals surface area contributed by atoms with Gasteiger partial charge in [0.05, 0.1) is 40.2 Å². The summed E-state index contributed by atoms with van der Waals surface area (Å²) in [7, 11) is -4.19. The molecule has 34 heavy (non-hydrogen) atoms. The molecule has 1 aromatic carbocycles. The Morgan fingerprint density at radius 2 is 1.88 bits per heavy atom. The maximum Gasteiger partial charge on any atom is 0.340 e. The average Bonchev–Trinajstić information content (AvgIpc) is 2.77. The van der Waals surface area contributed by atoms with Crippen LogP contribution in [0.3, 0.4) is 0 Å². The first-order valence-electron chi connectivity index (χ1n) is 9.83. The van der Waals surface area contributed by atoms with Crippen LogP contribution in [0.25, 0.3) is 0 Å². The number of halogens is 2. The molecule has 176 valence electrons. The van der Waals surface area contributed by atoms with Crippen molar-refractivity contribution < 1.29 is 31.5 Å². The molecule has 2 heterocycles. The van der Waals surface area contributed by atoms with E-state index in [2.05, 4.69) is 4.98 Å². The second-order valence-corrected chi connectivity index (χ2v) is 8.82. The molecule has 10 nitrogen and oxygen atoms in total. The van der Waals surface area contributed by atoms with Crippen molar-refractivity contribution in [1.29, 1.82) is 10.5 Å². The van der Waals surface area contributed by atoms with Gasteiger partial charge >= 0.3 is 5.97 Å². The lowest BCUT2D eigenvalue weighted by molar-refractivity contribution is -0.123. The van der Waals surface area contributed by atoms with Gasteiger partial charge in [-0.05, 0) is 37.3 Å². The van der Waals surface area contributed by atoms with Crippen molar-refractivity contribution in [1.82, 2.24) is 9.71 Å². The second-order valence-electron chi connectivity index (χ2n) is 7.13. The van der Waals surface area contributed by atoms with Gasteiger partial charge in [-0.25, -0.2) is 31.7 Å². The van der Waals surface area contributed by atoms with Crippen LogP contribution in [0.15, 0.2) is 35.2 Å². The van der Waals surface area contributed by atoms with Gasteiger partial charge < -0.3 is 9.64 Å². The third-order valence-corrected chi connectivity index (χ3v) is 6.30. The Kier molecular flexibility index (Phi) is 7.08. The molecule has 2 aromatic rings. The Morgan fingerprint density at radius 3 is 2.41 bits per heavy atom. The minimum absolute atomic E-state index is 0.0561. The zero-order valence-corrected chi connectivity index (χ0v) is 18.5. The molecule has 0 aliphatic carbocycles. The lowest BCUT2D eigenvalue weighted by atomic mass is 9.98. The van der Waals surface area contributed by atoms with Gasteiger partial charge in [-0.15, -0.1) is 0 Å². The highest BCUT2D eigenvalue weighted by molar-refractivity contribution is 7.90. The molecule has 3 rings (SSSR count). The predicted octanol–water partition coefficient (Wildman–Crippen LogP) is 1.88. The Bertz CT molecular complexity index is 1310. The molecule has 1 fully saturated rings. The highest BCUT2D eigenvalue weighted by atomic mass is 32.2. The lowest BCUT2D eigenvalue weighted by Crippen LogP contribution is -2.55. The SMILES string of the molecule is CCOC(=O)c1cc(C#N)c(N2CC(C(=O)NS(=O)(=O)c3ccc(C#N)cc3)C2)nc1C(F)F.